The van der Waals surface area contributed by atoms with Crippen LogP contribution in [0.15, 0.2) is 147 Å². The molecule has 274 valence electrons. The number of aromatic nitrogens is 5. The predicted octanol–water partition coefficient (Wildman–Crippen LogP) is 9.58. The Kier molecular flexibility index (Phi) is 13.0. The number of fused-ring (bicyclic) bond motifs is 3. The number of aryl methyl sites for hydroxylation is 1. The number of anilines is 2. The zero-order valence-corrected chi connectivity index (χ0v) is 30.2. The predicted molar refractivity (Wildman–Crippen MR) is 216 cm³/mol. The molecule has 0 saturated carbocycles. The van der Waals surface area contributed by atoms with Gasteiger partial charge in [-0.1, -0.05) is 29.8 Å². The molecule has 8 aromatic rings. The molecule has 15 heteroatoms. The maximum atomic E-state index is 11.1. The van der Waals surface area contributed by atoms with E-state index in [1.54, 1.807) is 53.6 Å². The molecule has 9 rings (SSSR count). The van der Waals surface area contributed by atoms with Crippen molar-refractivity contribution in [1.82, 2.24) is 24.1 Å². The first-order valence-electron chi connectivity index (χ1n) is 16.5. The summed E-state index contributed by atoms with van der Waals surface area (Å²) in [7, 11) is 0. The lowest BCUT2D eigenvalue weighted by Crippen LogP contribution is -2.15. The first kappa shape index (κ1) is 38.5. The average molecular weight is 765 g/mol. The van der Waals surface area contributed by atoms with Crippen molar-refractivity contribution in [3.63, 3.8) is 0 Å². The zero-order chi connectivity index (χ0) is 37.2. The normalized spacial score (nSPS) is 11.2. The maximum Gasteiger partial charge on any atom is 0.295 e. The van der Waals surface area contributed by atoms with Crippen LogP contribution < -0.4 is 11.1 Å². The number of pyridine rings is 2. The lowest BCUT2D eigenvalue weighted by molar-refractivity contribution is -0.384. The third kappa shape index (κ3) is 8.84. The first-order valence-corrected chi connectivity index (χ1v) is 16.9. The van der Waals surface area contributed by atoms with Crippen LogP contribution in [0, 0.1) is 20.2 Å². The highest BCUT2D eigenvalue weighted by atomic mass is 35.5. The van der Waals surface area contributed by atoms with E-state index in [0.717, 1.165) is 35.1 Å². The summed E-state index contributed by atoms with van der Waals surface area (Å²) in [6.45, 7) is 1.03. The number of nitro benzene ring substituents is 2. The smallest absolute Gasteiger partial charge is 0.295 e. The number of hydrogen-bond acceptors (Lipinski definition) is 8. The molecule has 1 aliphatic heterocycles. The van der Waals surface area contributed by atoms with Crippen molar-refractivity contribution in [3.8, 4) is 11.4 Å². The summed E-state index contributed by atoms with van der Waals surface area (Å²) in [6, 6.07) is 29.2. The van der Waals surface area contributed by atoms with Gasteiger partial charge in [-0.2, -0.15) is 0 Å². The number of nitro groups is 2. The second-order valence-electron chi connectivity index (χ2n) is 11.6. The minimum atomic E-state index is -0.517. The molecule has 3 aromatic carbocycles. The molecule has 0 spiro atoms. The molecule has 0 atom stereocenters. The van der Waals surface area contributed by atoms with Gasteiger partial charge in [-0.05, 0) is 85.1 Å². The highest BCUT2D eigenvalue weighted by Crippen LogP contribution is 2.34. The van der Waals surface area contributed by atoms with Crippen LogP contribution in [-0.2, 0) is 6.42 Å². The molecule has 4 N–H and O–H groups in total. The standard InChI is InChI=1S/C13H9N3O2.C13H15N3.C9H5ClN2O2.C4H5N.ClH/c17-16(18)11-6-5-10-4-3-7-14-12(10)13(11)15-8-1-2-9-15;14-11-6-5-10-4-3-7-15-12(10)13(11)16-8-1-2-9-16;10-8-7(12(13)14)4-3-6-2-1-5-11-9(6)8;1-2-4-5-3-1;/h1-9H;1-2,5-6,8-9,15H,3-4,7,14H2;1-5H;1-5H;1H. The summed E-state index contributed by atoms with van der Waals surface area (Å²) in [5.74, 6) is 0. The Morgan fingerprint density at radius 3 is 1.81 bits per heavy atom. The van der Waals surface area contributed by atoms with Gasteiger partial charge in [-0.3, -0.25) is 30.2 Å². The van der Waals surface area contributed by atoms with Crippen molar-refractivity contribution in [2.24, 2.45) is 0 Å². The topological polar surface area (TPSA) is 176 Å². The van der Waals surface area contributed by atoms with Crippen LogP contribution in [0.5, 0.6) is 0 Å². The van der Waals surface area contributed by atoms with Gasteiger partial charge in [0.05, 0.1) is 32.4 Å². The summed E-state index contributed by atoms with van der Waals surface area (Å²) in [4.78, 5) is 31.9. The number of nitrogens with two attached hydrogens (primary N) is 1. The molecule has 0 radical (unpaired) electrons. The minimum absolute atomic E-state index is 0. The van der Waals surface area contributed by atoms with E-state index in [1.807, 2.05) is 79.4 Å². The number of nitrogens with zero attached hydrogens (tertiary/aromatic N) is 6. The monoisotopic (exact) mass is 763 g/mol. The number of H-pyrrole nitrogens is 1. The number of benzene rings is 3. The van der Waals surface area contributed by atoms with E-state index in [2.05, 4.69) is 30.9 Å². The van der Waals surface area contributed by atoms with E-state index >= 15 is 0 Å². The second kappa shape index (κ2) is 18.2. The number of aromatic amines is 1. The number of nitrogen functional groups attached to an aromatic ring is 1. The third-order valence-electron chi connectivity index (χ3n) is 8.25. The first-order chi connectivity index (χ1) is 25.8. The highest BCUT2D eigenvalue weighted by Gasteiger charge is 2.19. The molecular weight excluding hydrogens is 729 g/mol. The van der Waals surface area contributed by atoms with E-state index in [4.69, 9.17) is 17.3 Å². The summed E-state index contributed by atoms with van der Waals surface area (Å²) in [5.41, 5.74) is 12.1. The van der Waals surface area contributed by atoms with Gasteiger partial charge in [0, 0.05) is 79.0 Å². The van der Waals surface area contributed by atoms with Gasteiger partial charge in [-0.25, -0.2) is 0 Å². The van der Waals surface area contributed by atoms with Gasteiger partial charge in [0.15, 0.2) is 5.69 Å². The molecule has 5 aromatic heterocycles. The van der Waals surface area contributed by atoms with Crippen LogP contribution in [0.4, 0.5) is 22.7 Å². The second-order valence-corrected chi connectivity index (χ2v) is 12.0. The zero-order valence-electron chi connectivity index (χ0n) is 28.7. The fourth-order valence-corrected chi connectivity index (χ4v) is 6.12. The Balaban J connectivity index is 0.000000146. The fraction of sp³-hybridized carbons (Fsp3) is 0.0769. The van der Waals surface area contributed by atoms with Crippen LogP contribution in [0.1, 0.15) is 12.0 Å². The van der Waals surface area contributed by atoms with Crippen LogP contribution >= 0.6 is 24.0 Å². The third-order valence-corrected chi connectivity index (χ3v) is 8.63. The highest BCUT2D eigenvalue weighted by molar-refractivity contribution is 6.37. The molecule has 0 bridgehead atoms. The van der Waals surface area contributed by atoms with E-state index in [1.165, 1.54) is 29.8 Å². The van der Waals surface area contributed by atoms with Crippen LogP contribution in [0.3, 0.4) is 0 Å². The van der Waals surface area contributed by atoms with E-state index in [0.29, 0.717) is 16.7 Å². The number of rotatable bonds is 4. The summed E-state index contributed by atoms with van der Waals surface area (Å²) in [6.07, 6.45) is 16.9. The number of nitrogens with one attached hydrogen (secondary N) is 2. The minimum Gasteiger partial charge on any atom is -0.397 e. The van der Waals surface area contributed by atoms with Gasteiger partial charge in [-0.15, -0.1) is 12.4 Å². The van der Waals surface area contributed by atoms with Crippen molar-refractivity contribution >= 4 is 68.6 Å². The Bertz CT molecular complexity index is 2440. The van der Waals surface area contributed by atoms with Crippen molar-refractivity contribution in [2.75, 3.05) is 17.6 Å². The van der Waals surface area contributed by atoms with Crippen molar-refractivity contribution in [2.45, 2.75) is 12.8 Å². The van der Waals surface area contributed by atoms with Crippen molar-refractivity contribution in [3.05, 3.63) is 177 Å². The van der Waals surface area contributed by atoms with Crippen molar-refractivity contribution < 1.29 is 9.85 Å². The average Bonchev–Trinajstić information content (AvgIpc) is 4.02. The summed E-state index contributed by atoms with van der Waals surface area (Å²) >= 11 is 5.83. The molecule has 0 fully saturated rings. The van der Waals surface area contributed by atoms with Crippen molar-refractivity contribution in [1.29, 1.82) is 0 Å². The maximum absolute atomic E-state index is 11.1. The quantitative estimate of drug-likeness (QED) is 0.0902. The molecular formula is C39H35Cl2N9O4. The SMILES string of the molecule is Cl.Nc1ccc2c(c1-n1cccc1)NCCC2.O=[N+]([O-])c1ccc2cccnc2c1-n1cccc1.O=[N+]([O-])c1ccc2cccnc2c1Cl.c1cc[nH]c1. The Morgan fingerprint density at radius 1 is 0.685 bits per heavy atom. The van der Waals surface area contributed by atoms with E-state index < -0.39 is 4.92 Å². The van der Waals surface area contributed by atoms with Crippen LogP contribution in [-0.4, -0.2) is 40.5 Å². The van der Waals surface area contributed by atoms with Gasteiger partial charge < -0.3 is 25.2 Å². The summed E-state index contributed by atoms with van der Waals surface area (Å²) in [5, 5.41) is 26.9. The molecule has 1 aliphatic rings. The molecule has 13 nitrogen and oxygen atoms in total. The fourth-order valence-electron chi connectivity index (χ4n) is 5.83. The molecule has 54 heavy (non-hydrogen) atoms. The van der Waals surface area contributed by atoms with Gasteiger partial charge in [0.25, 0.3) is 11.4 Å². The van der Waals surface area contributed by atoms with E-state index in [-0.39, 0.29) is 33.7 Å². The lowest BCUT2D eigenvalue weighted by atomic mass is 10.0. The lowest BCUT2D eigenvalue weighted by Gasteiger charge is -2.23. The number of halogens is 2. The van der Waals surface area contributed by atoms with Gasteiger partial charge >= 0.3 is 0 Å². The van der Waals surface area contributed by atoms with Crippen LogP contribution in [0.25, 0.3) is 33.2 Å². The van der Waals surface area contributed by atoms with E-state index in [9.17, 15) is 20.2 Å². The Labute approximate surface area is 320 Å². The number of hydrogen-bond donors (Lipinski definition) is 3. The molecule has 0 aliphatic carbocycles. The largest absolute Gasteiger partial charge is 0.397 e. The Hall–Kier alpha value is -6.70. The molecule has 0 amide bonds. The molecule has 0 saturated heterocycles. The Morgan fingerprint density at radius 2 is 1.24 bits per heavy atom. The molecule has 6 heterocycles. The molecule has 0 unspecified atom stereocenters. The summed E-state index contributed by atoms with van der Waals surface area (Å²) < 4.78 is 3.79. The van der Waals surface area contributed by atoms with Crippen LogP contribution in [0.2, 0.25) is 5.02 Å². The van der Waals surface area contributed by atoms with Gasteiger partial charge in [0.1, 0.15) is 10.5 Å². The van der Waals surface area contributed by atoms with Gasteiger partial charge in [0.2, 0.25) is 0 Å².